The number of ether oxygens (including phenoxy) is 4. The maximum absolute atomic E-state index is 14.6. The van der Waals surface area contributed by atoms with E-state index in [1.165, 1.54) is 0 Å². The molecule has 0 aromatic rings. The van der Waals surface area contributed by atoms with Gasteiger partial charge in [0, 0.05) is 0 Å². The topological polar surface area (TPSA) is 71.1 Å². The van der Waals surface area contributed by atoms with Gasteiger partial charge < -0.3 is 18.9 Å². The van der Waals surface area contributed by atoms with Gasteiger partial charge in [-0.05, 0) is 105 Å². The first-order valence-corrected chi connectivity index (χ1v) is 13.5. The standard InChI is InChI=1S/C27H42F6O6/c1-23(2,3)38-21(34)15-36-19-11-7-17(8-12-19)25(26(28,29)30,27(31,32)33)18-9-13-20(14-10-18)37-16-22(35)39-24(4,5)6/h17-20H,7-16H2,1-6H3. The van der Waals surface area contributed by atoms with Crippen molar-refractivity contribution < 1.29 is 54.9 Å². The van der Waals surface area contributed by atoms with Gasteiger partial charge >= 0.3 is 24.3 Å². The second-order valence-corrected chi connectivity index (χ2v) is 12.6. The zero-order valence-electron chi connectivity index (χ0n) is 23.6. The summed E-state index contributed by atoms with van der Waals surface area (Å²) < 4.78 is 109. The van der Waals surface area contributed by atoms with Gasteiger partial charge in [0.25, 0.3) is 0 Å². The minimum absolute atomic E-state index is 0.0181. The van der Waals surface area contributed by atoms with Crippen molar-refractivity contribution in [2.75, 3.05) is 13.2 Å². The van der Waals surface area contributed by atoms with E-state index in [4.69, 9.17) is 18.9 Å². The van der Waals surface area contributed by atoms with Crippen molar-refractivity contribution in [1.82, 2.24) is 0 Å². The number of esters is 2. The molecule has 0 aromatic carbocycles. The molecule has 0 saturated heterocycles. The molecule has 0 spiro atoms. The van der Waals surface area contributed by atoms with Crippen molar-refractivity contribution in [2.45, 2.75) is 129 Å². The largest absolute Gasteiger partial charge is 0.458 e. The Morgan fingerprint density at radius 1 is 0.564 bits per heavy atom. The van der Waals surface area contributed by atoms with Crippen LogP contribution in [0.2, 0.25) is 0 Å². The normalized spacial score (nSPS) is 25.7. The first kappa shape index (κ1) is 33.6. The molecule has 2 aliphatic carbocycles. The van der Waals surface area contributed by atoms with Crippen LogP contribution in [0.5, 0.6) is 0 Å². The molecule has 2 fully saturated rings. The molecule has 0 aliphatic heterocycles. The molecule has 0 atom stereocenters. The van der Waals surface area contributed by atoms with E-state index in [0.29, 0.717) is 0 Å². The van der Waals surface area contributed by atoms with Crippen LogP contribution in [-0.2, 0) is 28.5 Å². The third-order valence-electron chi connectivity index (χ3n) is 7.29. The van der Waals surface area contributed by atoms with E-state index in [1.54, 1.807) is 41.5 Å². The number of carbonyl (C=O) groups is 2. The summed E-state index contributed by atoms with van der Waals surface area (Å²) in [5.74, 6) is -4.61. The third-order valence-corrected chi connectivity index (χ3v) is 7.29. The van der Waals surface area contributed by atoms with Crippen LogP contribution in [0.1, 0.15) is 92.9 Å². The summed E-state index contributed by atoms with van der Waals surface area (Å²) in [6, 6.07) is 0. The maximum atomic E-state index is 14.6. The molecule has 0 N–H and O–H groups in total. The van der Waals surface area contributed by atoms with Gasteiger partial charge in [-0.3, -0.25) is 0 Å². The molecule has 0 heterocycles. The minimum atomic E-state index is -5.50. The molecular formula is C27H42F6O6. The second kappa shape index (κ2) is 12.5. The fourth-order valence-electron chi connectivity index (χ4n) is 5.90. The van der Waals surface area contributed by atoms with Crippen LogP contribution in [0, 0.1) is 17.3 Å². The molecule has 6 nitrogen and oxygen atoms in total. The Labute approximate surface area is 226 Å². The highest BCUT2D eigenvalue weighted by Gasteiger charge is 2.76. The van der Waals surface area contributed by atoms with Gasteiger partial charge in [-0.2, -0.15) is 26.3 Å². The van der Waals surface area contributed by atoms with Crippen LogP contribution in [0.4, 0.5) is 26.3 Å². The average Bonchev–Trinajstić information content (AvgIpc) is 2.74. The number of rotatable bonds is 8. The number of halogens is 6. The molecular weight excluding hydrogens is 534 g/mol. The molecule has 2 saturated carbocycles. The SMILES string of the molecule is CC(C)(C)OC(=O)COC1CCC(C(C2CCC(OCC(=O)OC(C)(C)C)CC2)(C(F)(F)F)C(F)(F)F)CC1. The Morgan fingerprint density at radius 3 is 1.08 bits per heavy atom. The summed E-state index contributed by atoms with van der Waals surface area (Å²) in [5.41, 5.74) is -5.33. The number of hydrogen-bond donors (Lipinski definition) is 0. The number of alkyl halides is 6. The van der Waals surface area contributed by atoms with E-state index >= 15 is 0 Å². The first-order valence-electron chi connectivity index (χ1n) is 13.5. The van der Waals surface area contributed by atoms with E-state index < -0.39 is 78.2 Å². The Balaban J connectivity index is 2.07. The molecule has 0 aromatic heterocycles. The van der Waals surface area contributed by atoms with Gasteiger partial charge in [0.2, 0.25) is 0 Å². The maximum Gasteiger partial charge on any atom is 0.403 e. The molecule has 39 heavy (non-hydrogen) atoms. The quantitative estimate of drug-likeness (QED) is 0.231. The fourth-order valence-corrected chi connectivity index (χ4v) is 5.90. The van der Waals surface area contributed by atoms with Crippen LogP contribution in [-0.4, -0.2) is 60.9 Å². The summed E-state index contributed by atoms with van der Waals surface area (Å²) in [6.07, 6.45) is -13.6. The summed E-state index contributed by atoms with van der Waals surface area (Å²) in [6.45, 7) is 9.20. The van der Waals surface area contributed by atoms with Crippen molar-refractivity contribution in [3.8, 4) is 0 Å². The molecule has 2 rings (SSSR count). The van der Waals surface area contributed by atoms with Gasteiger partial charge in [-0.15, -0.1) is 0 Å². The zero-order chi connectivity index (χ0) is 29.9. The molecule has 0 unspecified atom stereocenters. The summed E-state index contributed by atoms with van der Waals surface area (Å²) in [5, 5.41) is 0. The van der Waals surface area contributed by atoms with Gasteiger partial charge in [0.05, 0.1) is 12.2 Å². The molecule has 0 amide bonds. The first-order chi connectivity index (χ1) is 17.7. The van der Waals surface area contributed by atoms with Crippen molar-refractivity contribution >= 4 is 11.9 Å². The van der Waals surface area contributed by atoms with Gasteiger partial charge in [-0.25, -0.2) is 9.59 Å². The lowest BCUT2D eigenvalue weighted by atomic mass is 9.57. The summed E-state index contributed by atoms with van der Waals surface area (Å²) >= 11 is 0. The molecule has 2 aliphatic rings. The highest BCUT2D eigenvalue weighted by molar-refractivity contribution is 5.71. The van der Waals surface area contributed by atoms with E-state index in [2.05, 4.69) is 0 Å². The summed E-state index contributed by atoms with van der Waals surface area (Å²) in [7, 11) is 0. The zero-order valence-corrected chi connectivity index (χ0v) is 23.6. The van der Waals surface area contributed by atoms with E-state index in [1.807, 2.05) is 0 Å². The van der Waals surface area contributed by atoms with Crippen molar-refractivity contribution in [3.63, 3.8) is 0 Å². The highest BCUT2D eigenvalue weighted by Crippen LogP contribution is 2.64. The van der Waals surface area contributed by atoms with E-state index in [9.17, 15) is 35.9 Å². The molecule has 0 bridgehead atoms. The lowest BCUT2D eigenvalue weighted by Gasteiger charge is -2.51. The number of carbonyl (C=O) groups excluding carboxylic acids is 2. The highest BCUT2D eigenvalue weighted by atomic mass is 19.4. The molecule has 0 radical (unpaired) electrons. The van der Waals surface area contributed by atoms with E-state index in [-0.39, 0.29) is 51.4 Å². The Hall–Kier alpha value is -1.56. The van der Waals surface area contributed by atoms with Crippen molar-refractivity contribution in [2.24, 2.45) is 17.3 Å². The Kier molecular flexibility index (Phi) is 10.8. The average molecular weight is 577 g/mol. The van der Waals surface area contributed by atoms with Gasteiger partial charge in [0.1, 0.15) is 24.4 Å². The Bertz CT molecular complexity index is 743. The lowest BCUT2D eigenvalue weighted by Crippen LogP contribution is -2.61. The molecule has 12 heteroatoms. The monoisotopic (exact) mass is 576 g/mol. The van der Waals surface area contributed by atoms with E-state index in [0.717, 1.165) is 0 Å². The number of hydrogen-bond acceptors (Lipinski definition) is 6. The predicted molar refractivity (Wildman–Crippen MR) is 130 cm³/mol. The minimum Gasteiger partial charge on any atom is -0.458 e. The van der Waals surface area contributed by atoms with Crippen molar-refractivity contribution in [3.05, 3.63) is 0 Å². The lowest BCUT2D eigenvalue weighted by molar-refractivity contribution is -0.383. The van der Waals surface area contributed by atoms with Crippen LogP contribution < -0.4 is 0 Å². The van der Waals surface area contributed by atoms with Gasteiger partial charge in [0.15, 0.2) is 5.41 Å². The second-order valence-electron chi connectivity index (χ2n) is 12.6. The smallest absolute Gasteiger partial charge is 0.403 e. The van der Waals surface area contributed by atoms with Crippen LogP contribution >= 0.6 is 0 Å². The van der Waals surface area contributed by atoms with Crippen LogP contribution in [0.15, 0.2) is 0 Å². The van der Waals surface area contributed by atoms with Crippen molar-refractivity contribution in [1.29, 1.82) is 0 Å². The summed E-state index contributed by atoms with van der Waals surface area (Å²) in [4.78, 5) is 23.8. The van der Waals surface area contributed by atoms with Crippen LogP contribution in [0.25, 0.3) is 0 Å². The molecule has 228 valence electrons. The third kappa shape index (κ3) is 9.23. The Morgan fingerprint density at radius 2 is 0.846 bits per heavy atom. The fraction of sp³-hybridized carbons (Fsp3) is 0.926. The predicted octanol–water partition coefficient (Wildman–Crippen LogP) is 6.93. The van der Waals surface area contributed by atoms with Crippen LogP contribution in [0.3, 0.4) is 0 Å². The van der Waals surface area contributed by atoms with Gasteiger partial charge in [-0.1, -0.05) is 0 Å².